The smallest absolute Gasteiger partial charge is 0.399 e. The maximum Gasteiger partial charge on any atom is 0.496 e. The third kappa shape index (κ3) is 17.9. The van der Waals surface area contributed by atoms with Crippen molar-refractivity contribution in [2.24, 2.45) is 0 Å². The third-order valence-corrected chi connectivity index (χ3v) is 21.1. The number of H-pyrrole nitrogens is 2. The zero-order chi connectivity index (χ0) is 69.3. The number of nitrogens with zero attached hydrogens (tertiary/aromatic N) is 10. The molecule has 0 aliphatic carbocycles. The van der Waals surface area contributed by atoms with Crippen molar-refractivity contribution in [3.63, 3.8) is 0 Å². The number of aryl methyl sites for hydroxylation is 4. The second-order valence-corrected chi connectivity index (χ2v) is 29.1. The number of carbonyl (C=O) groups excluding carboxylic acids is 2. The van der Waals surface area contributed by atoms with Crippen molar-refractivity contribution < 1.29 is 18.9 Å². The van der Waals surface area contributed by atoms with Gasteiger partial charge in [0.2, 0.25) is 0 Å². The Hall–Kier alpha value is -6.92. The van der Waals surface area contributed by atoms with Crippen LogP contribution in [0.25, 0.3) is 11.1 Å². The molecular weight excluding hydrogens is 1270 g/mol. The number of piperidine rings is 2. The molecule has 5 fully saturated rings. The topological polar surface area (TPSA) is 194 Å². The Morgan fingerprint density at radius 1 is 0.552 bits per heavy atom. The van der Waals surface area contributed by atoms with Gasteiger partial charge in [0.05, 0.1) is 11.2 Å². The molecule has 2 aromatic carbocycles. The summed E-state index contributed by atoms with van der Waals surface area (Å²) in [6, 6.07) is 21.3. The fraction of sp³-hybridized carbons (Fsp3) is 0.541. The van der Waals surface area contributed by atoms with Crippen molar-refractivity contribution in [2.45, 2.75) is 145 Å². The van der Waals surface area contributed by atoms with Crippen LogP contribution in [0.2, 0.25) is 0 Å². The molecule has 0 saturated carbocycles. The fourth-order valence-electron chi connectivity index (χ4n) is 13.7. The van der Waals surface area contributed by atoms with Crippen LogP contribution in [0.3, 0.4) is 0 Å². The number of benzene rings is 2. The summed E-state index contributed by atoms with van der Waals surface area (Å²) in [5.41, 5.74) is 11.9. The highest BCUT2D eigenvalue weighted by molar-refractivity contribution is 9.10. The van der Waals surface area contributed by atoms with E-state index in [0.717, 1.165) is 195 Å². The quantitative estimate of drug-likeness (QED) is 0.0670. The number of halogens is 1. The molecule has 22 heteroatoms. The van der Waals surface area contributed by atoms with E-state index in [9.17, 15) is 19.2 Å². The molecular formula is C74H106BBrN14O6. The molecule has 4 aromatic heterocycles. The van der Waals surface area contributed by atoms with E-state index in [0.29, 0.717) is 34.3 Å². The molecule has 20 nitrogen and oxygen atoms in total. The molecule has 5 aliphatic heterocycles. The highest BCUT2D eigenvalue weighted by Gasteiger charge is 2.52. The lowest BCUT2D eigenvalue weighted by Crippen LogP contribution is -2.45. The molecule has 0 radical (unpaired) electrons. The van der Waals surface area contributed by atoms with Gasteiger partial charge in [0.15, 0.2) is 0 Å². The second-order valence-electron chi connectivity index (χ2n) is 28.2. The standard InChI is InChI=1S/C34H47N7O2.C24H33BrN4O2.C16H26BN3O2/c1-7-41(28-10-12-38(5)13-11-28)31-20-27(26-8-9-32(35-21-26)40-16-14-39(6)15-17-40)19-29(25(31)4)33(42)36-22-30-23(2)18-24(3)37-34(30)43;1-6-29(19-7-9-28(5)10-8-19)22-13-18(25)12-20(17(22)4)23(30)26-14-21-15(2)11-16(3)27-24(21)31;1-15(2)16(3,4)22-17(21-15)13-6-7-14(18-12-13)20-10-8-19(5)9-11-20/h8-9,18-21,28H,7,10-17,22H2,1-6H3,(H,36,42)(H,37,43);11-13,19H,6-10,14H2,1-5H3,(H,26,30)(H,27,31);6-7,12H,8-11H2,1-5H3. The number of aromatic nitrogens is 4. The first-order chi connectivity index (χ1) is 45.6. The highest BCUT2D eigenvalue weighted by atomic mass is 79.9. The van der Waals surface area contributed by atoms with E-state index in [2.05, 4.69) is 187 Å². The predicted molar refractivity (Wildman–Crippen MR) is 395 cm³/mol. The molecule has 11 rings (SSSR count). The van der Waals surface area contributed by atoms with Gasteiger partial charge in [-0.05, 0) is 246 Å². The lowest BCUT2D eigenvalue weighted by atomic mass is 9.80. The van der Waals surface area contributed by atoms with Gasteiger partial charge in [-0.15, -0.1) is 0 Å². The third-order valence-electron chi connectivity index (χ3n) is 20.6. The fourth-order valence-corrected chi connectivity index (χ4v) is 14.2. The van der Waals surface area contributed by atoms with Crippen LogP contribution in [0, 0.1) is 41.5 Å². The number of hydrogen-bond donors (Lipinski definition) is 4. The first kappa shape index (κ1) is 73.3. The summed E-state index contributed by atoms with van der Waals surface area (Å²) >= 11 is 3.60. The minimum Gasteiger partial charge on any atom is -0.399 e. The summed E-state index contributed by atoms with van der Waals surface area (Å²) in [4.78, 5) is 85.9. The Morgan fingerprint density at radius 3 is 1.35 bits per heavy atom. The number of hydrogen-bond acceptors (Lipinski definition) is 16. The molecule has 6 aromatic rings. The molecule has 0 bridgehead atoms. The van der Waals surface area contributed by atoms with E-state index in [-0.39, 0.29) is 54.3 Å². The zero-order valence-electron chi connectivity index (χ0n) is 60.1. The number of pyridine rings is 4. The van der Waals surface area contributed by atoms with Crippen LogP contribution in [0.5, 0.6) is 0 Å². The first-order valence-electron chi connectivity index (χ1n) is 34.6. The molecule has 0 atom stereocenters. The van der Waals surface area contributed by atoms with Gasteiger partial charge in [0, 0.05) is 164 Å². The lowest BCUT2D eigenvalue weighted by molar-refractivity contribution is 0.00578. The van der Waals surface area contributed by atoms with Crippen molar-refractivity contribution in [3.05, 3.63) is 154 Å². The Balaban J connectivity index is 0.000000179. The monoisotopic (exact) mass is 1380 g/mol. The van der Waals surface area contributed by atoms with E-state index in [4.69, 9.17) is 14.3 Å². The van der Waals surface area contributed by atoms with Crippen LogP contribution in [-0.4, -0.2) is 202 Å². The molecule has 96 heavy (non-hydrogen) atoms. The number of rotatable bonds is 16. The van der Waals surface area contributed by atoms with Crippen LogP contribution < -0.4 is 46.8 Å². The molecule has 4 N–H and O–H groups in total. The molecule has 0 spiro atoms. The molecule has 2 amide bonds. The number of piperazine rings is 2. The molecule has 0 unspecified atom stereocenters. The zero-order valence-corrected chi connectivity index (χ0v) is 61.7. The molecule has 9 heterocycles. The van der Waals surface area contributed by atoms with Crippen LogP contribution in [0.15, 0.2) is 87.1 Å². The summed E-state index contributed by atoms with van der Waals surface area (Å²) < 4.78 is 13.0. The summed E-state index contributed by atoms with van der Waals surface area (Å²) in [7, 11) is 8.33. The van der Waals surface area contributed by atoms with Gasteiger partial charge in [-0.2, -0.15) is 0 Å². The molecule has 5 aliphatic rings. The SMILES string of the molecule is CCN(c1cc(-c2ccc(N3CCN(C)CC3)nc2)cc(C(=O)NCc2c(C)cc(C)[nH]c2=O)c1C)C1CCN(C)CC1.CCN(c1cc(Br)cc(C(=O)NCc2c(C)cc(C)[nH]c2=O)c1C)C1CCN(C)CC1.CN1CCN(c2ccc(B3OC(C)(C)C(C)(C)O3)cn2)CC1. The van der Waals surface area contributed by atoms with Gasteiger partial charge >= 0.3 is 7.12 Å². The maximum absolute atomic E-state index is 13.8. The number of likely N-dealkylation sites (tertiary alicyclic amines) is 2. The van der Waals surface area contributed by atoms with Crippen molar-refractivity contribution in [1.29, 1.82) is 0 Å². The van der Waals surface area contributed by atoms with Gasteiger partial charge in [-0.3, -0.25) is 19.2 Å². The number of likely N-dealkylation sites (N-methyl/N-ethyl adjacent to an activating group) is 2. The van der Waals surface area contributed by atoms with Crippen molar-refractivity contribution in [1.82, 2.24) is 50.2 Å². The minimum absolute atomic E-state index is 0.149. The average molecular weight is 1380 g/mol. The highest BCUT2D eigenvalue weighted by Crippen LogP contribution is 2.38. The Bertz CT molecular complexity index is 3740. The maximum atomic E-state index is 13.8. The van der Waals surface area contributed by atoms with Crippen LogP contribution in [-0.2, 0) is 22.4 Å². The van der Waals surface area contributed by atoms with Crippen LogP contribution >= 0.6 is 15.9 Å². The largest absolute Gasteiger partial charge is 0.496 e. The predicted octanol–water partition coefficient (Wildman–Crippen LogP) is 9.01. The van der Waals surface area contributed by atoms with Gasteiger partial charge < -0.3 is 69.1 Å². The van der Waals surface area contributed by atoms with Gasteiger partial charge in [-0.1, -0.05) is 22.0 Å². The average Bonchev–Trinajstić information content (AvgIpc) is 1.00. The number of nitrogens with one attached hydrogen (secondary N) is 4. The van der Waals surface area contributed by atoms with Crippen LogP contribution in [0.1, 0.15) is 133 Å². The van der Waals surface area contributed by atoms with E-state index in [1.807, 2.05) is 78.2 Å². The minimum atomic E-state index is -0.334. The Kier molecular flexibility index (Phi) is 24.6. The first-order valence-corrected chi connectivity index (χ1v) is 35.4. The van der Waals surface area contributed by atoms with Crippen molar-refractivity contribution in [3.8, 4) is 11.1 Å². The van der Waals surface area contributed by atoms with E-state index >= 15 is 0 Å². The lowest BCUT2D eigenvalue weighted by Gasteiger charge is -2.39. The number of amides is 2. The number of carbonyl (C=O) groups is 2. The van der Waals surface area contributed by atoms with Crippen molar-refractivity contribution >= 4 is 63.3 Å². The van der Waals surface area contributed by atoms with E-state index in [1.165, 1.54) is 0 Å². The summed E-state index contributed by atoms with van der Waals surface area (Å²) in [6.45, 7) is 38.9. The van der Waals surface area contributed by atoms with Crippen LogP contribution in [0.4, 0.5) is 23.0 Å². The van der Waals surface area contributed by atoms with Gasteiger partial charge in [-0.25, -0.2) is 9.97 Å². The van der Waals surface area contributed by atoms with Gasteiger partial charge in [0.25, 0.3) is 22.9 Å². The summed E-state index contributed by atoms with van der Waals surface area (Å²) in [5.74, 6) is 1.68. The van der Waals surface area contributed by atoms with Crippen molar-refractivity contribution in [2.75, 3.05) is 139 Å². The second kappa shape index (κ2) is 32.2. The number of anilines is 4. The van der Waals surface area contributed by atoms with Gasteiger partial charge in [0.1, 0.15) is 11.6 Å². The molecule has 5 saturated heterocycles. The number of aromatic amines is 2. The Morgan fingerprint density at radius 2 is 0.958 bits per heavy atom. The molecule has 518 valence electrons. The summed E-state index contributed by atoms with van der Waals surface area (Å²) in [5, 5.41) is 6.00. The summed E-state index contributed by atoms with van der Waals surface area (Å²) in [6.07, 6.45) is 8.24. The van der Waals surface area contributed by atoms with E-state index in [1.54, 1.807) is 0 Å². The normalized spacial score (nSPS) is 18.1. The Labute approximate surface area is 579 Å². The van der Waals surface area contributed by atoms with E-state index < -0.39 is 0 Å².